The van der Waals surface area contributed by atoms with Crippen LogP contribution >= 0.6 is 0 Å². The van der Waals surface area contributed by atoms with Crippen LogP contribution < -0.4 is 5.32 Å². The Hall–Kier alpha value is -1.82. The van der Waals surface area contributed by atoms with Gasteiger partial charge in [-0.15, -0.1) is 0 Å². The highest BCUT2D eigenvalue weighted by Gasteiger charge is 2.30. The highest BCUT2D eigenvalue weighted by molar-refractivity contribution is 5.95. The molecule has 0 bridgehead atoms. The zero-order valence-electron chi connectivity index (χ0n) is 9.94. The second-order valence-corrected chi connectivity index (χ2v) is 4.08. The van der Waals surface area contributed by atoms with Crippen molar-refractivity contribution < 1.29 is 23.8 Å². The lowest BCUT2D eigenvalue weighted by Crippen LogP contribution is -2.49. The first-order chi connectivity index (χ1) is 7.86. The molecule has 6 nitrogen and oxygen atoms in total. The smallest absolute Gasteiger partial charge is 0.328 e. The maximum atomic E-state index is 11.7. The minimum Gasteiger partial charge on any atom is -0.480 e. The number of rotatable bonds is 5. The van der Waals surface area contributed by atoms with Crippen molar-refractivity contribution in [2.45, 2.75) is 26.0 Å². The average molecular weight is 241 g/mol. The average Bonchev–Trinajstić information content (AvgIpc) is 2.66. The molecule has 0 unspecified atom stereocenters. The summed E-state index contributed by atoms with van der Waals surface area (Å²) in [5.74, 6) is -1.12. The molecule has 0 aliphatic heterocycles. The van der Waals surface area contributed by atoms with Crippen LogP contribution in [-0.4, -0.2) is 29.6 Å². The predicted octanol–water partition coefficient (Wildman–Crippen LogP) is 1.02. The summed E-state index contributed by atoms with van der Waals surface area (Å²) < 4.78 is 10.0. The van der Waals surface area contributed by atoms with Crippen LogP contribution in [0.3, 0.4) is 0 Å². The van der Waals surface area contributed by atoms with E-state index in [0.717, 1.165) is 0 Å². The van der Waals surface area contributed by atoms with Crippen molar-refractivity contribution in [2.24, 2.45) is 0 Å². The van der Waals surface area contributed by atoms with Crippen molar-refractivity contribution in [1.29, 1.82) is 0 Å². The summed E-state index contributed by atoms with van der Waals surface area (Å²) in [6.07, 6.45) is 0. The highest BCUT2D eigenvalue weighted by atomic mass is 16.5. The number of carboxylic acids is 1. The van der Waals surface area contributed by atoms with Gasteiger partial charge in [-0.05, 0) is 26.0 Å². The van der Waals surface area contributed by atoms with Gasteiger partial charge in [0.05, 0.1) is 0 Å². The van der Waals surface area contributed by atoms with Crippen LogP contribution in [-0.2, 0) is 16.1 Å². The number of amides is 1. The molecule has 6 heteroatoms. The number of aliphatic carboxylic acids is 1. The van der Waals surface area contributed by atoms with E-state index in [2.05, 4.69) is 5.32 Å². The molecule has 0 aliphatic carbocycles. The normalized spacial score (nSPS) is 11.2. The Morgan fingerprint density at radius 3 is 2.65 bits per heavy atom. The summed E-state index contributed by atoms with van der Waals surface area (Å²) in [6, 6.07) is 3.08. The second kappa shape index (κ2) is 5.01. The standard InChI is InChI=1S/C11H15NO5/c1-11(2,10(14)15)12-9(13)8-5-4-7(17-8)6-16-3/h4-5H,6H2,1-3H3,(H,12,13)(H,14,15). The Bertz CT molecular complexity index is 421. The summed E-state index contributed by atoms with van der Waals surface area (Å²) in [5.41, 5.74) is -1.34. The van der Waals surface area contributed by atoms with E-state index in [1.807, 2.05) is 0 Å². The summed E-state index contributed by atoms with van der Waals surface area (Å²) in [6.45, 7) is 3.05. The molecular weight excluding hydrogens is 226 g/mol. The van der Waals surface area contributed by atoms with Gasteiger partial charge in [-0.1, -0.05) is 0 Å². The quantitative estimate of drug-likeness (QED) is 0.803. The van der Waals surface area contributed by atoms with Crippen molar-refractivity contribution in [3.63, 3.8) is 0 Å². The second-order valence-electron chi connectivity index (χ2n) is 4.08. The summed E-state index contributed by atoms with van der Waals surface area (Å²) in [5, 5.41) is 11.2. The molecule has 2 N–H and O–H groups in total. The third kappa shape index (κ3) is 3.32. The Morgan fingerprint density at radius 2 is 2.12 bits per heavy atom. The number of hydrogen-bond acceptors (Lipinski definition) is 4. The Balaban J connectivity index is 2.73. The van der Waals surface area contributed by atoms with E-state index in [-0.39, 0.29) is 12.4 Å². The maximum absolute atomic E-state index is 11.7. The lowest BCUT2D eigenvalue weighted by molar-refractivity contribution is -0.143. The molecule has 0 fully saturated rings. The van der Waals surface area contributed by atoms with Crippen LogP contribution in [0.4, 0.5) is 0 Å². The van der Waals surface area contributed by atoms with Gasteiger partial charge in [0.2, 0.25) is 0 Å². The third-order valence-electron chi connectivity index (χ3n) is 2.13. The minimum atomic E-state index is -1.34. The molecular formula is C11H15NO5. The molecule has 0 spiro atoms. The zero-order valence-corrected chi connectivity index (χ0v) is 9.94. The van der Waals surface area contributed by atoms with Gasteiger partial charge in [0, 0.05) is 7.11 Å². The molecule has 0 aliphatic rings. The number of nitrogens with one attached hydrogen (secondary N) is 1. The molecule has 0 radical (unpaired) electrons. The fourth-order valence-electron chi connectivity index (χ4n) is 1.12. The lowest BCUT2D eigenvalue weighted by Gasteiger charge is -2.19. The number of carbonyl (C=O) groups excluding carboxylic acids is 1. The number of carbonyl (C=O) groups is 2. The first kappa shape index (κ1) is 13.2. The van der Waals surface area contributed by atoms with E-state index in [1.54, 1.807) is 6.07 Å². The fraction of sp³-hybridized carbons (Fsp3) is 0.455. The minimum absolute atomic E-state index is 0.0615. The van der Waals surface area contributed by atoms with Gasteiger partial charge in [-0.25, -0.2) is 4.79 Å². The van der Waals surface area contributed by atoms with Crippen molar-refractivity contribution in [3.8, 4) is 0 Å². The van der Waals surface area contributed by atoms with Crippen LogP contribution in [0.25, 0.3) is 0 Å². The van der Waals surface area contributed by atoms with Gasteiger partial charge in [-0.3, -0.25) is 4.79 Å². The van der Waals surface area contributed by atoms with Crippen LogP contribution in [0.15, 0.2) is 16.5 Å². The number of ether oxygens (including phenoxy) is 1. The van der Waals surface area contributed by atoms with Gasteiger partial charge in [0.25, 0.3) is 5.91 Å². The molecule has 1 rings (SSSR count). The molecule has 0 atom stereocenters. The van der Waals surface area contributed by atoms with Crippen LogP contribution in [0.1, 0.15) is 30.2 Å². The van der Waals surface area contributed by atoms with Crippen molar-refractivity contribution in [3.05, 3.63) is 23.7 Å². The summed E-state index contributed by atoms with van der Waals surface area (Å²) >= 11 is 0. The molecule has 1 aromatic rings. The molecule has 1 amide bonds. The summed E-state index contributed by atoms with van der Waals surface area (Å²) in [4.78, 5) is 22.5. The van der Waals surface area contributed by atoms with Crippen molar-refractivity contribution in [1.82, 2.24) is 5.32 Å². The van der Waals surface area contributed by atoms with Gasteiger partial charge >= 0.3 is 5.97 Å². The first-order valence-corrected chi connectivity index (χ1v) is 5.00. The van der Waals surface area contributed by atoms with E-state index in [0.29, 0.717) is 5.76 Å². The monoisotopic (exact) mass is 241 g/mol. The van der Waals surface area contributed by atoms with E-state index < -0.39 is 17.4 Å². The van der Waals surface area contributed by atoms with Crippen molar-refractivity contribution in [2.75, 3.05) is 7.11 Å². The maximum Gasteiger partial charge on any atom is 0.328 e. The van der Waals surface area contributed by atoms with E-state index in [1.165, 1.54) is 27.0 Å². The molecule has 0 saturated heterocycles. The Kier molecular flexibility index (Phi) is 3.90. The number of methoxy groups -OCH3 is 1. The Morgan fingerprint density at radius 1 is 1.47 bits per heavy atom. The van der Waals surface area contributed by atoms with Crippen LogP contribution in [0.5, 0.6) is 0 Å². The van der Waals surface area contributed by atoms with Gasteiger partial charge < -0.3 is 19.6 Å². The summed E-state index contributed by atoms with van der Waals surface area (Å²) in [7, 11) is 1.51. The number of carboxylic acid groups (broad SMARTS) is 1. The van der Waals surface area contributed by atoms with Crippen LogP contribution in [0, 0.1) is 0 Å². The predicted molar refractivity (Wildman–Crippen MR) is 58.6 cm³/mol. The largest absolute Gasteiger partial charge is 0.480 e. The Labute approximate surface area is 98.6 Å². The molecule has 1 heterocycles. The molecule has 94 valence electrons. The van der Waals surface area contributed by atoms with E-state index in [9.17, 15) is 9.59 Å². The first-order valence-electron chi connectivity index (χ1n) is 5.00. The van der Waals surface area contributed by atoms with E-state index >= 15 is 0 Å². The van der Waals surface area contributed by atoms with E-state index in [4.69, 9.17) is 14.3 Å². The van der Waals surface area contributed by atoms with Gasteiger partial charge in [0.15, 0.2) is 5.76 Å². The molecule has 0 aromatic carbocycles. The van der Waals surface area contributed by atoms with Gasteiger partial charge in [-0.2, -0.15) is 0 Å². The van der Waals surface area contributed by atoms with Crippen LogP contribution in [0.2, 0.25) is 0 Å². The fourth-order valence-corrected chi connectivity index (χ4v) is 1.12. The van der Waals surface area contributed by atoms with Crippen molar-refractivity contribution >= 4 is 11.9 Å². The zero-order chi connectivity index (χ0) is 13.1. The van der Waals surface area contributed by atoms with Gasteiger partial charge in [0.1, 0.15) is 17.9 Å². The number of hydrogen-bond donors (Lipinski definition) is 2. The molecule has 17 heavy (non-hydrogen) atoms. The highest BCUT2D eigenvalue weighted by Crippen LogP contribution is 2.11. The SMILES string of the molecule is COCc1ccc(C(=O)NC(C)(C)C(=O)O)o1. The topological polar surface area (TPSA) is 88.8 Å². The third-order valence-corrected chi connectivity index (χ3v) is 2.13. The lowest BCUT2D eigenvalue weighted by atomic mass is 10.1. The molecule has 1 aromatic heterocycles. The number of furan rings is 1. The molecule has 0 saturated carbocycles.